The topological polar surface area (TPSA) is 47.6 Å². The van der Waals surface area contributed by atoms with Gasteiger partial charge in [0.15, 0.2) is 0 Å². The van der Waals surface area contributed by atoms with Gasteiger partial charge >= 0.3 is 0 Å². The molecule has 0 saturated heterocycles. The van der Waals surface area contributed by atoms with Crippen LogP contribution in [0.15, 0.2) is 9.81 Å². The van der Waals surface area contributed by atoms with Crippen molar-refractivity contribution in [2.45, 2.75) is 0 Å². The second kappa shape index (κ2) is 11.7. The second-order valence-corrected chi connectivity index (χ2v) is 2.17. The molecule has 2 radical (unpaired) electrons. The molecule has 0 N–H and O–H groups in total. The summed E-state index contributed by atoms with van der Waals surface area (Å²) in [6.07, 6.45) is 0. The zero-order chi connectivity index (χ0) is 6.57. The molecular formula is C4H2K2N2S2. The number of rotatable bonds is 0. The molecule has 0 atom stereocenters. The van der Waals surface area contributed by atoms with Gasteiger partial charge in [0.05, 0.1) is 4.24 Å². The van der Waals surface area contributed by atoms with E-state index in [0.717, 1.165) is 0 Å². The first-order valence-electron chi connectivity index (χ1n) is 1.64. The normalized spacial score (nSPS) is 5.20. The van der Waals surface area contributed by atoms with Gasteiger partial charge in [-0.3, -0.25) is 0 Å². The molecule has 0 aliphatic heterocycles. The van der Waals surface area contributed by atoms with Gasteiger partial charge < -0.3 is 0 Å². The molecule has 0 fully saturated rings. The average Bonchev–Trinajstić information content (AvgIpc) is 1.69. The van der Waals surface area contributed by atoms with Crippen LogP contribution in [0.5, 0.6) is 0 Å². The van der Waals surface area contributed by atoms with Crippen LogP contribution in [0, 0.1) is 22.7 Å². The van der Waals surface area contributed by atoms with Crippen molar-refractivity contribution >= 4 is 128 Å². The van der Waals surface area contributed by atoms with Gasteiger partial charge in [0.2, 0.25) is 0 Å². The third kappa shape index (κ3) is 8.79. The van der Waals surface area contributed by atoms with E-state index in [1.54, 1.807) is 12.1 Å². The van der Waals surface area contributed by atoms with Gasteiger partial charge in [-0.1, -0.05) is 0 Å². The van der Waals surface area contributed by atoms with E-state index in [2.05, 4.69) is 25.3 Å². The van der Waals surface area contributed by atoms with Gasteiger partial charge in [0, 0.05) is 103 Å². The molecule has 42 valence electrons. The Bertz CT molecular complexity index is 180. The van der Waals surface area contributed by atoms with Crippen LogP contribution >= 0.6 is 25.3 Å². The monoisotopic (exact) mass is 220 g/mol. The van der Waals surface area contributed by atoms with E-state index in [4.69, 9.17) is 10.5 Å². The van der Waals surface area contributed by atoms with Gasteiger partial charge in [-0.25, -0.2) is 0 Å². The van der Waals surface area contributed by atoms with Crippen LogP contribution in [-0.2, 0) is 0 Å². The summed E-state index contributed by atoms with van der Waals surface area (Å²) < 4.78 is 0.162. The molecule has 0 aromatic rings. The summed E-state index contributed by atoms with van der Waals surface area (Å²) in [6.45, 7) is 0. The van der Waals surface area contributed by atoms with E-state index in [1.807, 2.05) is 0 Å². The number of nitriles is 2. The first kappa shape index (κ1) is 18.5. The first-order valence-corrected chi connectivity index (χ1v) is 2.54. The van der Waals surface area contributed by atoms with E-state index < -0.39 is 0 Å². The minimum atomic E-state index is -0.0586. The fraction of sp³-hybridized carbons (Fsp3) is 0. The minimum absolute atomic E-state index is 0. The predicted octanol–water partition coefficient (Wildman–Crippen LogP) is 0.343. The summed E-state index contributed by atoms with van der Waals surface area (Å²) in [4.78, 5) is 0. The molecule has 0 unspecified atom stereocenters. The van der Waals surface area contributed by atoms with Crippen LogP contribution in [0.25, 0.3) is 0 Å². The summed E-state index contributed by atoms with van der Waals surface area (Å²) in [5.74, 6) is 0. The van der Waals surface area contributed by atoms with Crippen molar-refractivity contribution in [3.8, 4) is 12.1 Å². The Balaban J connectivity index is -0.000000245. The molecule has 0 bridgehead atoms. The Morgan fingerprint density at radius 1 is 1.00 bits per heavy atom. The van der Waals surface area contributed by atoms with Gasteiger partial charge in [-0.2, -0.15) is 10.5 Å². The van der Waals surface area contributed by atoms with Gasteiger partial charge in [0.25, 0.3) is 0 Å². The van der Waals surface area contributed by atoms with Crippen molar-refractivity contribution in [2.75, 3.05) is 0 Å². The number of hydrogen-bond acceptors (Lipinski definition) is 4. The van der Waals surface area contributed by atoms with Crippen molar-refractivity contribution in [1.29, 1.82) is 10.5 Å². The number of hydrogen-bond donors (Lipinski definition) is 2. The third-order valence-corrected chi connectivity index (χ3v) is 0.894. The molecule has 0 heterocycles. The molecule has 0 saturated carbocycles. The largest absolute Gasteiger partial charge is 0.192 e. The maximum absolute atomic E-state index is 8.07. The van der Waals surface area contributed by atoms with E-state index in [0.29, 0.717) is 0 Å². The molecule has 0 aliphatic rings. The Morgan fingerprint density at radius 2 is 1.30 bits per heavy atom. The molecule has 0 aromatic heterocycles. The van der Waals surface area contributed by atoms with Crippen LogP contribution in [0.1, 0.15) is 0 Å². The van der Waals surface area contributed by atoms with Gasteiger partial charge in [-0.05, 0) is 0 Å². The van der Waals surface area contributed by atoms with E-state index in [9.17, 15) is 0 Å². The summed E-state index contributed by atoms with van der Waals surface area (Å²) >= 11 is 7.30. The molecular weight excluding hydrogens is 218 g/mol. The van der Waals surface area contributed by atoms with E-state index >= 15 is 0 Å². The number of allylic oxidation sites excluding steroid dienone is 1. The van der Waals surface area contributed by atoms with Crippen LogP contribution in [0.3, 0.4) is 0 Å². The zero-order valence-electron chi connectivity index (χ0n) is 5.79. The van der Waals surface area contributed by atoms with Crippen LogP contribution < -0.4 is 0 Å². The molecule has 0 aliphatic carbocycles. The first-order chi connectivity index (χ1) is 3.72. The summed E-state index contributed by atoms with van der Waals surface area (Å²) in [6, 6.07) is 3.23. The Labute approximate surface area is 156 Å². The summed E-state index contributed by atoms with van der Waals surface area (Å²) in [5, 5.41) is 16.1. The SMILES string of the molecule is N#CC(C#N)=C(S)S.[K].[K]. The number of nitrogens with zero attached hydrogens (tertiary/aromatic N) is 2. The average molecular weight is 220 g/mol. The van der Waals surface area contributed by atoms with E-state index in [1.165, 1.54) is 0 Å². The third-order valence-electron chi connectivity index (χ3n) is 0.447. The van der Waals surface area contributed by atoms with Gasteiger partial charge in [0.1, 0.15) is 17.7 Å². The zero-order valence-corrected chi connectivity index (χ0v) is 13.8. The summed E-state index contributed by atoms with van der Waals surface area (Å²) in [7, 11) is 0. The van der Waals surface area contributed by atoms with Crippen molar-refractivity contribution in [2.24, 2.45) is 0 Å². The maximum Gasteiger partial charge on any atom is 0.149 e. The Kier molecular flexibility index (Phi) is 21.6. The molecule has 0 aromatic carbocycles. The van der Waals surface area contributed by atoms with Crippen molar-refractivity contribution < 1.29 is 0 Å². The maximum atomic E-state index is 8.07. The standard InChI is InChI=1S/C4H2N2S2.2K/c5-1-3(2-6)4(7)8;;/h7-8H;;. The quantitative estimate of drug-likeness (QED) is 0.351. The fourth-order valence-corrected chi connectivity index (χ4v) is 0.325. The molecule has 0 amide bonds. The fourth-order valence-electron chi connectivity index (χ4n) is 0.125. The molecule has 6 heteroatoms. The molecule has 10 heavy (non-hydrogen) atoms. The van der Waals surface area contributed by atoms with E-state index in [-0.39, 0.29) is 113 Å². The summed E-state index contributed by atoms with van der Waals surface area (Å²) in [5.41, 5.74) is -0.0586. The van der Waals surface area contributed by atoms with Crippen molar-refractivity contribution in [3.05, 3.63) is 9.81 Å². The molecule has 2 nitrogen and oxygen atoms in total. The minimum Gasteiger partial charge on any atom is -0.192 e. The van der Waals surface area contributed by atoms with Gasteiger partial charge in [-0.15, -0.1) is 25.3 Å². The predicted molar refractivity (Wildman–Crippen MR) is 47.7 cm³/mol. The molecule has 0 rings (SSSR count). The van der Waals surface area contributed by atoms with Crippen LogP contribution in [0.4, 0.5) is 0 Å². The molecule has 0 spiro atoms. The van der Waals surface area contributed by atoms with Crippen molar-refractivity contribution in [3.63, 3.8) is 0 Å². The Morgan fingerprint density at radius 3 is 1.30 bits per heavy atom. The van der Waals surface area contributed by atoms with Crippen LogP contribution in [-0.4, -0.2) is 103 Å². The van der Waals surface area contributed by atoms with Crippen LogP contribution in [0.2, 0.25) is 0 Å². The second-order valence-electron chi connectivity index (χ2n) is 0.922. The Hall–Kier alpha value is 2.69. The number of thiol groups is 2. The van der Waals surface area contributed by atoms with Crippen molar-refractivity contribution in [1.82, 2.24) is 0 Å². The smallest absolute Gasteiger partial charge is 0.149 e.